The lowest BCUT2D eigenvalue weighted by molar-refractivity contribution is -0.145. The van der Waals surface area contributed by atoms with E-state index in [0.717, 1.165) is 18.6 Å². The van der Waals surface area contributed by atoms with Gasteiger partial charge in [0, 0.05) is 5.56 Å². The van der Waals surface area contributed by atoms with Crippen LogP contribution in [-0.4, -0.2) is 29.1 Å². The van der Waals surface area contributed by atoms with Crippen LogP contribution in [0.5, 0.6) is 5.75 Å². The summed E-state index contributed by atoms with van der Waals surface area (Å²) in [6.07, 6.45) is 2.86. The molecule has 1 amide bonds. The number of ether oxygens (including phenoxy) is 1. The summed E-state index contributed by atoms with van der Waals surface area (Å²) >= 11 is 0. The van der Waals surface area contributed by atoms with Crippen LogP contribution >= 0.6 is 0 Å². The van der Waals surface area contributed by atoms with Crippen molar-refractivity contribution in [2.24, 2.45) is 0 Å². The molecule has 0 heterocycles. The summed E-state index contributed by atoms with van der Waals surface area (Å²) in [5.41, 5.74) is -1.64. The number of carbonyl (C=O) groups is 2. The second kappa shape index (κ2) is 6.93. The predicted octanol–water partition coefficient (Wildman–Crippen LogP) is 2.88. The van der Waals surface area contributed by atoms with Gasteiger partial charge >= 0.3 is 5.97 Å². The number of carbonyl (C=O) groups excluding carboxylic acids is 1. The molecule has 1 aliphatic carbocycles. The highest BCUT2D eigenvalue weighted by Crippen LogP contribution is 2.29. The Balaban J connectivity index is 2.24. The molecule has 1 fully saturated rings. The zero-order chi connectivity index (χ0) is 17.0. The highest BCUT2D eigenvalue weighted by atomic mass is 19.1. The molecule has 1 aromatic carbocycles. The lowest BCUT2D eigenvalue weighted by Gasteiger charge is -2.34. The molecule has 2 N–H and O–H groups in total. The smallest absolute Gasteiger partial charge is 0.329 e. The Morgan fingerprint density at radius 3 is 2.26 bits per heavy atom. The average molecular weight is 327 g/mol. The molecular weight excluding hydrogens is 308 g/mol. The number of hydrogen-bond acceptors (Lipinski definition) is 3. The third kappa shape index (κ3) is 3.60. The Hall–Kier alpha value is -2.18. The van der Waals surface area contributed by atoms with Gasteiger partial charge in [0.2, 0.25) is 0 Å². The van der Waals surface area contributed by atoms with Crippen LogP contribution in [0.1, 0.15) is 49.4 Å². The topological polar surface area (TPSA) is 75.6 Å². The van der Waals surface area contributed by atoms with Gasteiger partial charge in [-0.25, -0.2) is 13.6 Å². The molecule has 2 rings (SSSR count). The molecule has 5 nitrogen and oxygen atoms in total. The highest BCUT2D eigenvalue weighted by Gasteiger charge is 2.41. The minimum atomic E-state index is -1.37. The zero-order valence-electron chi connectivity index (χ0n) is 12.8. The van der Waals surface area contributed by atoms with E-state index in [9.17, 15) is 23.5 Å². The second-order valence-electron chi connectivity index (χ2n) is 5.60. The van der Waals surface area contributed by atoms with Crippen LogP contribution in [0.2, 0.25) is 0 Å². The number of hydrogen-bond donors (Lipinski definition) is 2. The van der Waals surface area contributed by atoms with Crippen LogP contribution in [0.4, 0.5) is 8.78 Å². The van der Waals surface area contributed by atoms with E-state index in [2.05, 4.69) is 5.32 Å². The van der Waals surface area contributed by atoms with E-state index < -0.39 is 34.8 Å². The van der Waals surface area contributed by atoms with Crippen molar-refractivity contribution in [1.82, 2.24) is 5.32 Å². The maximum atomic E-state index is 13.8. The van der Waals surface area contributed by atoms with Gasteiger partial charge in [-0.3, -0.25) is 4.79 Å². The molecule has 23 heavy (non-hydrogen) atoms. The third-order valence-corrected chi connectivity index (χ3v) is 4.02. The number of rotatable bonds is 5. The van der Waals surface area contributed by atoms with E-state index in [1.165, 1.54) is 0 Å². The Bertz CT molecular complexity index is 589. The zero-order valence-corrected chi connectivity index (χ0v) is 12.8. The van der Waals surface area contributed by atoms with E-state index in [-0.39, 0.29) is 12.2 Å². The summed E-state index contributed by atoms with van der Waals surface area (Å²) in [5.74, 6) is -4.47. The SMILES string of the molecule is CCOc1c(F)cc(C(=O)NC2(C(=O)O)CCCCC2)cc1F. The molecule has 0 aromatic heterocycles. The molecular formula is C16H19F2NO4. The minimum Gasteiger partial charge on any atom is -0.488 e. The molecule has 0 aliphatic heterocycles. The van der Waals surface area contributed by atoms with Crippen LogP contribution in [0.25, 0.3) is 0 Å². The minimum absolute atomic E-state index is 0.0848. The van der Waals surface area contributed by atoms with Crippen LogP contribution in [0, 0.1) is 11.6 Å². The second-order valence-corrected chi connectivity index (χ2v) is 5.60. The molecule has 1 saturated carbocycles. The predicted molar refractivity (Wildman–Crippen MR) is 78.4 cm³/mol. The van der Waals surface area contributed by atoms with Gasteiger partial charge in [-0.05, 0) is 31.9 Å². The van der Waals surface area contributed by atoms with Crippen molar-refractivity contribution in [3.8, 4) is 5.75 Å². The molecule has 0 unspecified atom stereocenters. The molecule has 1 aromatic rings. The maximum Gasteiger partial charge on any atom is 0.329 e. The number of halogens is 2. The monoisotopic (exact) mass is 327 g/mol. The van der Waals surface area contributed by atoms with Gasteiger partial charge in [0.1, 0.15) is 5.54 Å². The summed E-state index contributed by atoms with van der Waals surface area (Å²) in [4.78, 5) is 23.8. The average Bonchev–Trinajstić information content (AvgIpc) is 2.51. The fourth-order valence-corrected chi connectivity index (χ4v) is 2.81. The molecule has 0 saturated heterocycles. The van der Waals surface area contributed by atoms with Crippen LogP contribution in [0.15, 0.2) is 12.1 Å². The number of benzene rings is 1. The van der Waals surface area contributed by atoms with Crippen molar-refractivity contribution >= 4 is 11.9 Å². The number of nitrogens with one attached hydrogen (secondary N) is 1. The van der Waals surface area contributed by atoms with E-state index in [0.29, 0.717) is 25.7 Å². The quantitative estimate of drug-likeness (QED) is 0.872. The van der Waals surface area contributed by atoms with E-state index in [1.54, 1.807) is 6.92 Å². The summed E-state index contributed by atoms with van der Waals surface area (Å²) < 4.78 is 32.5. The van der Waals surface area contributed by atoms with Crippen molar-refractivity contribution in [2.75, 3.05) is 6.61 Å². The number of amides is 1. The van der Waals surface area contributed by atoms with E-state index in [1.807, 2.05) is 0 Å². The Morgan fingerprint density at radius 2 is 1.78 bits per heavy atom. The maximum absolute atomic E-state index is 13.8. The van der Waals surface area contributed by atoms with Crippen LogP contribution < -0.4 is 10.1 Å². The Labute approximate surface area is 132 Å². The molecule has 1 aliphatic rings. The standard InChI is InChI=1S/C16H19F2NO4/c1-2-23-13-11(17)8-10(9-12(13)18)14(20)19-16(15(21)22)6-4-3-5-7-16/h8-9H,2-7H2,1H3,(H,19,20)(H,21,22). The largest absolute Gasteiger partial charge is 0.488 e. The molecule has 0 atom stereocenters. The first-order valence-corrected chi connectivity index (χ1v) is 7.57. The lowest BCUT2D eigenvalue weighted by Crippen LogP contribution is -2.55. The summed E-state index contributed by atoms with van der Waals surface area (Å²) in [6.45, 7) is 1.67. The van der Waals surface area contributed by atoms with Crippen LogP contribution in [0.3, 0.4) is 0 Å². The third-order valence-electron chi connectivity index (χ3n) is 4.02. The van der Waals surface area contributed by atoms with Gasteiger partial charge < -0.3 is 15.2 Å². The first-order chi connectivity index (χ1) is 10.9. The number of carboxylic acid groups (broad SMARTS) is 1. The van der Waals surface area contributed by atoms with Gasteiger partial charge in [0.15, 0.2) is 17.4 Å². The van der Waals surface area contributed by atoms with Crippen molar-refractivity contribution in [3.05, 3.63) is 29.3 Å². The first-order valence-electron chi connectivity index (χ1n) is 7.57. The number of carboxylic acids is 1. The summed E-state index contributed by atoms with van der Waals surface area (Å²) in [6, 6.07) is 1.70. The van der Waals surface area contributed by atoms with Crippen molar-refractivity contribution in [2.45, 2.75) is 44.6 Å². The van der Waals surface area contributed by atoms with Gasteiger partial charge in [-0.2, -0.15) is 0 Å². The summed E-state index contributed by atoms with van der Waals surface area (Å²) in [7, 11) is 0. The normalized spacial score (nSPS) is 16.7. The van der Waals surface area contributed by atoms with E-state index in [4.69, 9.17) is 4.74 Å². The summed E-state index contributed by atoms with van der Waals surface area (Å²) in [5, 5.41) is 11.9. The van der Waals surface area contributed by atoms with Crippen LogP contribution in [-0.2, 0) is 4.79 Å². The first kappa shape index (κ1) is 17.2. The van der Waals surface area contributed by atoms with Gasteiger partial charge in [-0.15, -0.1) is 0 Å². The van der Waals surface area contributed by atoms with Crippen molar-refractivity contribution in [1.29, 1.82) is 0 Å². The van der Waals surface area contributed by atoms with E-state index >= 15 is 0 Å². The Morgan fingerprint density at radius 1 is 1.22 bits per heavy atom. The molecule has 0 bridgehead atoms. The fourth-order valence-electron chi connectivity index (χ4n) is 2.81. The van der Waals surface area contributed by atoms with Gasteiger partial charge in [0.05, 0.1) is 6.61 Å². The highest BCUT2D eigenvalue weighted by molar-refractivity contribution is 5.98. The molecule has 126 valence electrons. The number of aliphatic carboxylic acids is 1. The van der Waals surface area contributed by atoms with Gasteiger partial charge in [-0.1, -0.05) is 19.3 Å². The van der Waals surface area contributed by atoms with Gasteiger partial charge in [0.25, 0.3) is 5.91 Å². The fraction of sp³-hybridized carbons (Fsp3) is 0.500. The molecule has 7 heteroatoms. The van der Waals surface area contributed by atoms with Crippen molar-refractivity contribution in [3.63, 3.8) is 0 Å². The lowest BCUT2D eigenvalue weighted by atomic mass is 9.81. The molecule has 0 spiro atoms. The Kier molecular flexibility index (Phi) is 5.18. The van der Waals surface area contributed by atoms with Crippen molar-refractivity contribution < 1.29 is 28.2 Å². The molecule has 0 radical (unpaired) electrons.